The number of carbonyl (C=O) groups is 1. The number of amides is 1. The Morgan fingerprint density at radius 1 is 1.40 bits per heavy atom. The van der Waals surface area contributed by atoms with E-state index in [0.29, 0.717) is 6.41 Å². The molecule has 76 valence electrons. The van der Waals surface area contributed by atoms with E-state index >= 15 is 0 Å². The van der Waals surface area contributed by atoms with Gasteiger partial charge >= 0.3 is 0 Å². The van der Waals surface area contributed by atoms with Crippen molar-refractivity contribution < 1.29 is 4.79 Å². The third-order valence-electron chi connectivity index (χ3n) is 2.00. The zero-order valence-corrected chi connectivity index (χ0v) is 9.04. The van der Waals surface area contributed by atoms with E-state index in [9.17, 15) is 4.79 Å². The first-order valence-corrected chi connectivity index (χ1v) is 5.31. The predicted molar refractivity (Wildman–Crippen MR) is 62.0 cm³/mol. The zero-order chi connectivity index (χ0) is 10.7. The minimum atomic E-state index is 0.678. The molecule has 0 saturated carbocycles. The Morgan fingerprint density at radius 2 is 2.27 bits per heavy atom. The highest BCUT2D eigenvalue weighted by Crippen LogP contribution is 2.26. The van der Waals surface area contributed by atoms with Gasteiger partial charge in [0.15, 0.2) is 0 Å². The van der Waals surface area contributed by atoms with Crippen LogP contribution >= 0.6 is 11.5 Å². The molecule has 0 aliphatic heterocycles. The summed E-state index contributed by atoms with van der Waals surface area (Å²) in [5.74, 6) is 0. The van der Waals surface area contributed by atoms with Gasteiger partial charge in [-0.25, -0.2) is 0 Å². The Bertz CT molecular complexity index is 479. The van der Waals surface area contributed by atoms with Crippen LogP contribution in [0.2, 0.25) is 0 Å². The Labute approximate surface area is 91.9 Å². The van der Waals surface area contributed by atoms with Gasteiger partial charge in [-0.05, 0) is 42.2 Å². The number of nitrogens with zero attached hydrogens (tertiary/aromatic N) is 1. The van der Waals surface area contributed by atoms with E-state index in [2.05, 4.69) is 9.69 Å². The smallest absolute Gasteiger partial charge is 0.211 e. The maximum atomic E-state index is 10.3. The van der Waals surface area contributed by atoms with Crippen molar-refractivity contribution in [3.05, 3.63) is 36.0 Å². The standard InChI is InChI=1S/C11H10N2OS/c1-8-5-11(15-13-8)9-3-2-4-10(6-9)12-7-14/h2-7H,1H3,(H,12,14). The predicted octanol–water partition coefficient (Wildman–Crippen LogP) is 2.69. The van der Waals surface area contributed by atoms with Crippen LogP contribution in [0.25, 0.3) is 10.4 Å². The maximum absolute atomic E-state index is 10.3. The van der Waals surface area contributed by atoms with Crippen LogP contribution in [0.3, 0.4) is 0 Å². The van der Waals surface area contributed by atoms with E-state index in [0.717, 1.165) is 21.8 Å². The van der Waals surface area contributed by atoms with Gasteiger partial charge in [0.2, 0.25) is 6.41 Å². The van der Waals surface area contributed by atoms with Crippen molar-refractivity contribution in [1.82, 2.24) is 4.37 Å². The molecule has 0 aliphatic rings. The van der Waals surface area contributed by atoms with Crippen molar-refractivity contribution in [3.63, 3.8) is 0 Å². The van der Waals surface area contributed by atoms with Crippen LogP contribution in [-0.4, -0.2) is 10.8 Å². The monoisotopic (exact) mass is 218 g/mol. The lowest BCUT2D eigenvalue weighted by Gasteiger charge is -2.00. The van der Waals surface area contributed by atoms with Gasteiger partial charge in [0.1, 0.15) is 0 Å². The van der Waals surface area contributed by atoms with Gasteiger partial charge < -0.3 is 5.32 Å². The lowest BCUT2D eigenvalue weighted by atomic mass is 10.1. The molecule has 0 fully saturated rings. The lowest BCUT2D eigenvalue weighted by Crippen LogP contribution is -1.92. The van der Waals surface area contributed by atoms with Gasteiger partial charge in [0.25, 0.3) is 0 Å². The highest BCUT2D eigenvalue weighted by molar-refractivity contribution is 7.09. The summed E-state index contributed by atoms with van der Waals surface area (Å²) in [6.07, 6.45) is 0.678. The Morgan fingerprint density at radius 3 is 2.93 bits per heavy atom. The molecule has 2 rings (SSSR count). The van der Waals surface area contributed by atoms with Crippen molar-refractivity contribution >= 4 is 23.6 Å². The Balaban J connectivity index is 2.36. The van der Waals surface area contributed by atoms with E-state index < -0.39 is 0 Å². The van der Waals surface area contributed by atoms with Gasteiger partial charge in [-0.1, -0.05) is 12.1 Å². The highest BCUT2D eigenvalue weighted by atomic mass is 32.1. The normalized spacial score (nSPS) is 9.93. The summed E-state index contributed by atoms with van der Waals surface area (Å²) in [6.45, 7) is 1.97. The molecule has 0 atom stereocenters. The molecule has 0 unspecified atom stereocenters. The van der Waals surface area contributed by atoms with Crippen LogP contribution < -0.4 is 5.32 Å². The summed E-state index contributed by atoms with van der Waals surface area (Å²) in [4.78, 5) is 11.4. The summed E-state index contributed by atoms with van der Waals surface area (Å²) in [6, 6.07) is 9.73. The highest BCUT2D eigenvalue weighted by Gasteiger charge is 2.02. The first-order valence-electron chi connectivity index (χ1n) is 4.53. The Kier molecular flexibility index (Phi) is 2.78. The van der Waals surface area contributed by atoms with E-state index in [1.807, 2.05) is 37.3 Å². The minimum Gasteiger partial charge on any atom is -0.329 e. The molecule has 0 bridgehead atoms. The van der Waals surface area contributed by atoms with Crippen molar-refractivity contribution in [2.45, 2.75) is 6.92 Å². The van der Waals surface area contributed by atoms with E-state index in [1.165, 1.54) is 11.5 Å². The molecule has 1 aromatic carbocycles. The number of aromatic nitrogens is 1. The number of hydrogen-bond acceptors (Lipinski definition) is 3. The van der Waals surface area contributed by atoms with Crippen LogP contribution in [-0.2, 0) is 4.79 Å². The zero-order valence-electron chi connectivity index (χ0n) is 8.23. The first kappa shape index (κ1) is 9.86. The van der Waals surface area contributed by atoms with Crippen LogP contribution in [0.15, 0.2) is 30.3 Å². The van der Waals surface area contributed by atoms with Crippen molar-refractivity contribution in [1.29, 1.82) is 0 Å². The van der Waals surface area contributed by atoms with Crippen LogP contribution in [0.1, 0.15) is 5.69 Å². The lowest BCUT2D eigenvalue weighted by molar-refractivity contribution is -0.105. The van der Waals surface area contributed by atoms with Gasteiger partial charge in [-0.3, -0.25) is 4.79 Å². The summed E-state index contributed by atoms with van der Waals surface area (Å²) in [5.41, 5.74) is 2.89. The van der Waals surface area contributed by atoms with Crippen LogP contribution in [0, 0.1) is 6.92 Å². The van der Waals surface area contributed by atoms with E-state index in [1.54, 1.807) is 0 Å². The molecule has 0 aliphatic carbocycles. The van der Waals surface area contributed by atoms with Crippen molar-refractivity contribution in [2.24, 2.45) is 0 Å². The molecule has 0 spiro atoms. The number of carbonyl (C=O) groups excluding carboxylic acids is 1. The molecular weight excluding hydrogens is 208 g/mol. The average Bonchev–Trinajstić information content (AvgIpc) is 2.66. The topological polar surface area (TPSA) is 42.0 Å². The quantitative estimate of drug-likeness (QED) is 0.805. The summed E-state index contributed by atoms with van der Waals surface area (Å²) in [7, 11) is 0. The fraction of sp³-hybridized carbons (Fsp3) is 0.0909. The SMILES string of the molecule is Cc1cc(-c2cccc(NC=O)c2)sn1. The second kappa shape index (κ2) is 4.23. The fourth-order valence-electron chi connectivity index (χ4n) is 1.33. The Hall–Kier alpha value is -1.68. The molecule has 3 nitrogen and oxygen atoms in total. The minimum absolute atomic E-state index is 0.678. The number of anilines is 1. The fourth-order valence-corrected chi connectivity index (χ4v) is 2.08. The van der Waals surface area contributed by atoms with E-state index in [4.69, 9.17) is 0 Å². The molecule has 1 heterocycles. The van der Waals surface area contributed by atoms with Crippen molar-refractivity contribution in [2.75, 3.05) is 5.32 Å². The third kappa shape index (κ3) is 2.22. The number of aryl methyl sites for hydroxylation is 1. The van der Waals surface area contributed by atoms with Gasteiger partial charge in [-0.2, -0.15) is 4.37 Å². The van der Waals surface area contributed by atoms with Crippen LogP contribution in [0.5, 0.6) is 0 Å². The first-order chi connectivity index (χ1) is 7.29. The molecule has 4 heteroatoms. The van der Waals surface area contributed by atoms with Gasteiger partial charge in [0.05, 0.1) is 10.6 Å². The molecular formula is C11H10N2OS. The second-order valence-corrected chi connectivity index (χ2v) is 3.98. The summed E-state index contributed by atoms with van der Waals surface area (Å²) >= 11 is 1.46. The van der Waals surface area contributed by atoms with Crippen LogP contribution in [0.4, 0.5) is 5.69 Å². The van der Waals surface area contributed by atoms with E-state index in [-0.39, 0.29) is 0 Å². The summed E-state index contributed by atoms with van der Waals surface area (Å²) < 4.78 is 4.22. The number of nitrogens with one attached hydrogen (secondary N) is 1. The number of hydrogen-bond donors (Lipinski definition) is 1. The molecule has 1 amide bonds. The number of rotatable bonds is 3. The third-order valence-corrected chi connectivity index (χ3v) is 2.93. The molecule has 1 aromatic heterocycles. The molecule has 1 N–H and O–H groups in total. The second-order valence-electron chi connectivity index (χ2n) is 3.18. The van der Waals surface area contributed by atoms with Gasteiger partial charge in [0, 0.05) is 5.69 Å². The largest absolute Gasteiger partial charge is 0.329 e. The molecule has 0 saturated heterocycles. The average molecular weight is 218 g/mol. The maximum Gasteiger partial charge on any atom is 0.211 e. The summed E-state index contributed by atoms with van der Waals surface area (Å²) in [5, 5.41) is 2.63. The number of benzene rings is 1. The molecule has 0 radical (unpaired) electrons. The van der Waals surface area contributed by atoms with Gasteiger partial charge in [-0.15, -0.1) is 0 Å². The van der Waals surface area contributed by atoms with Crippen molar-refractivity contribution in [3.8, 4) is 10.4 Å². The molecule has 2 aromatic rings. The molecule has 15 heavy (non-hydrogen) atoms.